The Kier molecular flexibility index (Phi) is 5.29. The molecule has 3 heterocycles. The summed E-state index contributed by atoms with van der Waals surface area (Å²) in [6.07, 6.45) is 6.66. The van der Waals surface area contributed by atoms with E-state index in [1.807, 2.05) is 30.5 Å². The van der Waals surface area contributed by atoms with E-state index < -0.39 is 0 Å². The third kappa shape index (κ3) is 4.11. The van der Waals surface area contributed by atoms with Crippen LogP contribution in [0.4, 0.5) is 4.39 Å². The maximum Gasteiger partial charge on any atom is 0.127 e. The van der Waals surface area contributed by atoms with E-state index >= 15 is 0 Å². The molecule has 0 saturated carbocycles. The van der Waals surface area contributed by atoms with Crippen LogP contribution >= 0.6 is 0 Å². The summed E-state index contributed by atoms with van der Waals surface area (Å²) < 4.78 is 26.0. The van der Waals surface area contributed by atoms with Gasteiger partial charge in [0.2, 0.25) is 0 Å². The zero-order chi connectivity index (χ0) is 17.8. The monoisotopic (exact) mass is 356 g/mol. The summed E-state index contributed by atoms with van der Waals surface area (Å²) in [5.74, 6) is -0.117. The molecule has 2 aliphatic heterocycles. The molecule has 0 amide bonds. The smallest absolute Gasteiger partial charge is 0.127 e. The van der Waals surface area contributed by atoms with Crippen molar-refractivity contribution in [3.05, 3.63) is 65.7 Å². The molecule has 2 saturated heterocycles. The van der Waals surface area contributed by atoms with Crippen LogP contribution in [0.3, 0.4) is 0 Å². The maximum atomic E-state index is 13.8. The van der Waals surface area contributed by atoms with Gasteiger partial charge in [-0.3, -0.25) is 9.88 Å². The van der Waals surface area contributed by atoms with Crippen LogP contribution in [-0.4, -0.2) is 41.3 Å². The van der Waals surface area contributed by atoms with Gasteiger partial charge in [0.05, 0.1) is 24.9 Å². The average molecular weight is 356 g/mol. The topological polar surface area (TPSA) is 34.6 Å². The number of piperidine rings is 1. The van der Waals surface area contributed by atoms with Crippen LogP contribution in [-0.2, 0) is 22.6 Å². The molecule has 138 valence electrons. The Morgan fingerprint density at radius 3 is 2.81 bits per heavy atom. The Morgan fingerprint density at radius 2 is 2.04 bits per heavy atom. The molecule has 0 aliphatic carbocycles. The quantitative estimate of drug-likeness (QED) is 0.820. The molecule has 1 aromatic carbocycles. The van der Waals surface area contributed by atoms with Crippen LogP contribution in [0.2, 0.25) is 0 Å². The molecule has 26 heavy (non-hydrogen) atoms. The van der Waals surface area contributed by atoms with Crippen molar-refractivity contribution in [3.63, 3.8) is 0 Å². The maximum absolute atomic E-state index is 13.8. The molecule has 1 atom stereocenters. The van der Waals surface area contributed by atoms with Gasteiger partial charge < -0.3 is 9.47 Å². The summed E-state index contributed by atoms with van der Waals surface area (Å²) in [6.45, 7) is 3.78. The van der Waals surface area contributed by atoms with Gasteiger partial charge in [-0.15, -0.1) is 0 Å². The molecule has 2 aliphatic rings. The van der Waals surface area contributed by atoms with Crippen LogP contribution in [0, 0.1) is 5.82 Å². The highest BCUT2D eigenvalue weighted by Crippen LogP contribution is 2.37. The van der Waals surface area contributed by atoms with Gasteiger partial charge in [0.1, 0.15) is 5.82 Å². The van der Waals surface area contributed by atoms with Crippen LogP contribution < -0.4 is 0 Å². The Morgan fingerprint density at radius 1 is 1.19 bits per heavy atom. The Hall–Kier alpha value is -1.82. The van der Waals surface area contributed by atoms with Crippen molar-refractivity contribution in [2.75, 3.05) is 19.7 Å². The normalized spacial score (nSPS) is 22.7. The second kappa shape index (κ2) is 7.82. The summed E-state index contributed by atoms with van der Waals surface area (Å²) >= 11 is 0. The number of ether oxygens (including phenoxy) is 2. The van der Waals surface area contributed by atoms with E-state index in [1.165, 1.54) is 6.07 Å². The van der Waals surface area contributed by atoms with Gasteiger partial charge in [0.15, 0.2) is 0 Å². The second-order valence-corrected chi connectivity index (χ2v) is 7.36. The molecular weight excluding hydrogens is 331 g/mol. The fraction of sp³-hybridized carbons (Fsp3) is 0.476. The van der Waals surface area contributed by atoms with Gasteiger partial charge in [-0.2, -0.15) is 0 Å². The van der Waals surface area contributed by atoms with E-state index in [4.69, 9.17) is 9.47 Å². The van der Waals surface area contributed by atoms with Crippen molar-refractivity contribution in [3.8, 4) is 0 Å². The number of benzene rings is 1. The van der Waals surface area contributed by atoms with E-state index in [1.54, 1.807) is 12.3 Å². The first kappa shape index (κ1) is 17.6. The number of hydrogen-bond acceptors (Lipinski definition) is 4. The molecule has 1 spiro atoms. The Balaban J connectivity index is 1.26. The lowest BCUT2D eigenvalue weighted by Gasteiger charge is -2.38. The number of hydrogen-bond donors (Lipinski definition) is 0. The minimum Gasteiger partial charge on any atom is -0.372 e. The molecule has 2 fully saturated rings. The third-order valence-corrected chi connectivity index (χ3v) is 5.50. The highest BCUT2D eigenvalue weighted by Gasteiger charge is 2.43. The van der Waals surface area contributed by atoms with Crippen LogP contribution in [0.25, 0.3) is 0 Å². The number of nitrogens with zero attached hydrogens (tertiary/aromatic N) is 2. The summed E-state index contributed by atoms with van der Waals surface area (Å²) in [4.78, 5) is 6.43. The number of likely N-dealkylation sites (tertiary alicyclic amines) is 1. The number of pyridine rings is 1. The van der Waals surface area contributed by atoms with Crippen molar-refractivity contribution in [2.45, 2.75) is 44.1 Å². The molecule has 4 nitrogen and oxygen atoms in total. The van der Waals surface area contributed by atoms with Crippen molar-refractivity contribution < 1.29 is 13.9 Å². The number of halogens is 1. The fourth-order valence-electron chi connectivity index (χ4n) is 3.94. The lowest BCUT2D eigenvalue weighted by atomic mass is 9.88. The summed E-state index contributed by atoms with van der Waals surface area (Å²) in [5.41, 5.74) is 1.80. The van der Waals surface area contributed by atoms with Gasteiger partial charge >= 0.3 is 0 Å². The van der Waals surface area contributed by atoms with Crippen molar-refractivity contribution in [1.82, 2.24) is 9.88 Å². The first-order chi connectivity index (χ1) is 12.7. The van der Waals surface area contributed by atoms with E-state index in [-0.39, 0.29) is 17.5 Å². The molecule has 0 unspecified atom stereocenters. The number of rotatable bonds is 5. The Labute approximate surface area is 153 Å². The van der Waals surface area contributed by atoms with E-state index in [2.05, 4.69) is 9.88 Å². The zero-order valence-electron chi connectivity index (χ0n) is 14.9. The minimum absolute atomic E-state index is 0.0641. The van der Waals surface area contributed by atoms with Crippen LogP contribution in [0.15, 0.2) is 48.8 Å². The summed E-state index contributed by atoms with van der Waals surface area (Å²) in [5, 5.41) is 0. The fourth-order valence-corrected chi connectivity index (χ4v) is 3.94. The SMILES string of the molecule is Fc1ccccc1CN1CCC2(CC1)C[C@H](OCc1cccnc1)CO2. The average Bonchev–Trinajstić information content (AvgIpc) is 3.08. The molecule has 0 N–H and O–H groups in total. The van der Waals surface area contributed by atoms with Crippen molar-refractivity contribution >= 4 is 0 Å². The van der Waals surface area contributed by atoms with Gasteiger partial charge in [0, 0.05) is 44.0 Å². The van der Waals surface area contributed by atoms with Crippen LogP contribution in [0.5, 0.6) is 0 Å². The molecule has 0 radical (unpaired) electrons. The first-order valence-electron chi connectivity index (χ1n) is 9.33. The molecule has 4 rings (SSSR count). The van der Waals surface area contributed by atoms with Crippen molar-refractivity contribution in [2.24, 2.45) is 0 Å². The van der Waals surface area contributed by atoms with Gasteiger partial charge in [-0.05, 0) is 30.5 Å². The van der Waals surface area contributed by atoms with E-state index in [0.717, 1.165) is 43.5 Å². The van der Waals surface area contributed by atoms with Gasteiger partial charge in [-0.25, -0.2) is 4.39 Å². The lowest BCUT2D eigenvalue weighted by Crippen LogP contribution is -2.44. The lowest BCUT2D eigenvalue weighted by molar-refractivity contribution is -0.0469. The first-order valence-corrected chi connectivity index (χ1v) is 9.33. The molecule has 1 aromatic heterocycles. The predicted molar refractivity (Wildman–Crippen MR) is 97.0 cm³/mol. The second-order valence-electron chi connectivity index (χ2n) is 7.36. The van der Waals surface area contributed by atoms with Gasteiger partial charge in [-0.1, -0.05) is 24.3 Å². The number of aromatic nitrogens is 1. The van der Waals surface area contributed by atoms with E-state index in [9.17, 15) is 4.39 Å². The molecule has 2 aromatic rings. The molecule has 0 bridgehead atoms. The minimum atomic E-state index is -0.117. The van der Waals surface area contributed by atoms with Crippen molar-refractivity contribution in [1.29, 1.82) is 0 Å². The standard InChI is InChI=1S/C21H25FN2O2/c22-20-6-2-1-5-18(20)14-24-10-7-21(8-11-24)12-19(16-26-21)25-15-17-4-3-9-23-13-17/h1-6,9,13,19H,7-8,10-12,14-16H2/t19-/m0/s1. The Bertz CT molecular complexity index is 717. The summed E-state index contributed by atoms with van der Waals surface area (Å²) in [6, 6.07) is 11.0. The highest BCUT2D eigenvalue weighted by molar-refractivity contribution is 5.17. The van der Waals surface area contributed by atoms with E-state index in [0.29, 0.717) is 19.8 Å². The zero-order valence-corrected chi connectivity index (χ0v) is 14.9. The van der Waals surface area contributed by atoms with Crippen LogP contribution in [0.1, 0.15) is 30.4 Å². The van der Waals surface area contributed by atoms with Gasteiger partial charge in [0.25, 0.3) is 0 Å². The predicted octanol–water partition coefficient (Wildman–Crippen LogP) is 3.56. The highest BCUT2D eigenvalue weighted by atomic mass is 19.1. The molecular formula is C21H25FN2O2. The summed E-state index contributed by atoms with van der Waals surface area (Å²) in [7, 11) is 0. The largest absolute Gasteiger partial charge is 0.372 e. The molecule has 5 heteroatoms. The third-order valence-electron chi connectivity index (χ3n) is 5.50.